The SMILES string of the molecule is CC(C)C1CC(=O)N(Cc2cnc(N)cn2)C1. The van der Waals surface area contributed by atoms with Gasteiger partial charge in [0.25, 0.3) is 0 Å². The minimum atomic E-state index is 0.210. The van der Waals surface area contributed by atoms with E-state index in [1.807, 2.05) is 4.90 Å². The molecule has 2 N–H and O–H groups in total. The Morgan fingerprint density at radius 1 is 1.47 bits per heavy atom. The Bertz CT molecular complexity index is 401. The molecule has 92 valence electrons. The summed E-state index contributed by atoms with van der Waals surface area (Å²) < 4.78 is 0. The van der Waals surface area contributed by atoms with Crippen LogP contribution in [0.4, 0.5) is 5.82 Å². The van der Waals surface area contributed by atoms with E-state index >= 15 is 0 Å². The number of nitrogens with zero attached hydrogens (tertiary/aromatic N) is 3. The molecule has 2 heterocycles. The van der Waals surface area contributed by atoms with E-state index < -0.39 is 0 Å². The van der Waals surface area contributed by atoms with E-state index in [1.165, 1.54) is 6.20 Å². The number of nitrogen functional groups attached to an aromatic ring is 1. The third-order valence-corrected chi connectivity index (χ3v) is 3.27. The monoisotopic (exact) mass is 234 g/mol. The first-order valence-electron chi connectivity index (χ1n) is 5.90. The van der Waals surface area contributed by atoms with Gasteiger partial charge in [0.2, 0.25) is 5.91 Å². The largest absolute Gasteiger partial charge is 0.382 e. The summed E-state index contributed by atoms with van der Waals surface area (Å²) in [4.78, 5) is 21.8. The predicted octanol–water partition coefficient (Wildman–Crippen LogP) is 1.06. The van der Waals surface area contributed by atoms with Gasteiger partial charge in [0, 0.05) is 13.0 Å². The fourth-order valence-electron chi connectivity index (χ4n) is 2.04. The molecule has 0 spiro atoms. The molecule has 0 radical (unpaired) electrons. The van der Waals surface area contributed by atoms with Gasteiger partial charge in [-0.1, -0.05) is 13.8 Å². The van der Waals surface area contributed by atoms with Crippen molar-refractivity contribution in [2.24, 2.45) is 11.8 Å². The second kappa shape index (κ2) is 4.69. The fraction of sp³-hybridized carbons (Fsp3) is 0.583. The van der Waals surface area contributed by atoms with Gasteiger partial charge in [0.15, 0.2) is 0 Å². The van der Waals surface area contributed by atoms with Crippen molar-refractivity contribution >= 4 is 11.7 Å². The normalized spacial score (nSPS) is 20.3. The Morgan fingerprint density at radius 2 is 2.24 bits per heavy atom. The minimum Gasteiger partial charge on any atom is -0.382 e. The van der Waals surface area contributed by atoms with Crippen molar-refractivity contribution in [3.63, 3.8) is 0 Å². The molecule has 5 nitrogen and oxygen atoms in total. The van der Waals surface area contributed by atoms with Crippen LogP contribution in [0.15, 0.2) is 12.4 Å². The van der Waals surface area contributed by atoms with Crippen LogP contribution in [0, 0.1) is 11.8 Å². The fourth-order valence-corrected chi connectivity index (χ4v) is 2.04. The molecule has 1 aliphatic heterocycles. The lowest BCUT2D eigenvalue weighted by atomic mass is 9.95. The lowest BCUT2D eigenvalue weighted by molar-refractivity contribution is -0.128. The molecule has 0 aromatic carbocycles. The highest BCUT2D eigenvalue weighted by Crippen LogP contribution is 2.25. The average molecular weight is 234 g/mol. The Morgan fingerprint density at radius 3 is 2.76 bits per heavy atom. The molecule has 0 aliphatic carbocycles. The first-order valence-corrected chi connectivity index (χ1v) is 5.90. The molecule has 1 aliphatic rings. The third-order valence-electron chi connectivity index (χ3n) is 3.27. The molecule has 1 amide bonds. The summed E-state index contributed by atoms with van der Waals surface area (Å²) >= 11 is 0. The molecule has 1 aromatic heterocycles. The van der Waals surface area contributed by atoms with Gasteiger partial charge in [-0.15, -0.1) is 0 Å². The number of carbonyl (C=O) groups excluding carboxylic acids is 1. The summed E-state index contributed by atoms with van der Waals surface area (Å²) in [5, 5.41) is 0. The van der Waals surface area contributed by atoms with Gasteiger partial charge in [-0.3, -0.25) is 9.78 Å². The van der Waals surface area contributed by atoms with Crippen LogP contribution in [0.5, 0.6) is 0 Å². The van der Waals surface area contributed by atoms with Crippen LogP contribution in [0.3, 0.4) is 0 Å². The maximum atomic E-state index is 11.8. The standard InChI is InChI=1S/C12H18N4O/c1-8(2)9-3-12(17)16(6-9)7-10-4-15-11(13)5-14-10/h4-5,8-9H,3,6-7H2,1-2H3,(H2,13,15). The Balaban J connectivity index is 2.00. The summed E-state index contributed by atoms with van der Waals surface area (Å²) in [7, 11) is 0. The van der Waals surface area contributed by atoms with Crippen molar-refractivity contribution in [2.75, 3.05) is 12.3 Å². The van der Waals surface area contributed by atoms with Crippen molar-refractivity contribution < 1.29 is 4.79 Å². The van der Waals surface area contributed by atoms with E-state index in [-0.39, 0.29) is 5.91 Å². The van der Waals surface area contributed by atoms with Crippen molar-refractivity contribution in [3.05, 3.63) is 18.1 Å². The second-order valence-electron chi connectivity index (χ2n) is 4.92. The molecule has 0 bridgehead atoms. The van der Waals surface area contributed by atoms with Crippen molar-refractivity contribution in [1.82, 2.24) is 14.9 Å². The quantitative estimate of drug-likeness (QED) is 0.849. The lowest BCUT2D eigenvalue weighted by Gasteiger charge is -2.17. The molecule has 1 atom stereocenters. The van der Waals surface area contributed by atoms with Crippen molar-refractivity contribution in [1.29, 1.82) is 0 Å². The van der Waals surface area contributed by atoms with Gasteiger partial charge in [0.05, 0.1) is 24.6 Å². The number of hydrogen-bond acceptors (Lipinski definition) is 4. The summed E-state index contributed by atoms with van der Waals surface area (Å²) in [6, 6.07) is 0. The van der Waals surface area contributed by atoms with Gasteiger partial charge in [0.1, 0.15) is 5.82 Å². The molecule has 1 aromatic rings. The smallest absolute Gasteiger partial charge is 0.223 e. The maximum Gasteiger partial charge on any atom is 0.223 e. The maximum absolute atomic E-state index is 11.8. The lowest BCUT2D eigenvalue weighted by Crippen LogP contribution is -2.25. The second-order valence-corrected chi connectivity index (χ2v) is 4.92. The molecule has 17 heavy (non-hydrogen) atoms. The summed E-state index contributed by atoms with van der Waals surface area (Å²) in [5.74, 6) is 1.62. The zero-order valence-corrected chi connectivity index (χ0v) is 10.3. The van der Waals surface area contributed by atoms with Crippen molar-refractivity contribution in [3.8, 4) is 0 Å². The molecule has 2 rings (SSSR count). The number of rotatable bonds is 3. The Hall–Kier alpha value is -1.65. The molecule has 1 fully saturated rings. The van der Waals surface area contributed by atoms with Crippen LogP contribution in [-0.2, 0) is 11.3 Å². The zero-order valence-electron chi connectivity index (χ0n) is 10.3. The first kappa shape index (κ1) is 11.8. The van der Waals surface area contributed by atoms with Crippen molar-refractivity contribution in [2.45, 2.75) is 26.8 Å². The molecule has 0 saturated carbocycles. The summed E-state index contributed by atoms with van der Waals surface area (Å²) in [5.41, 5.74) is 6.26. The summed E-state index contributed by atoms with van der Waals surface area (Å²) in [6.07, 6.45) is 3.81. The van der Waals surface area contributed by atoms with Gasteiger partial charge in [-0.05, 0) is 11.8 Å². The minimum absolute atomic E-state index is 0.210. The summed E-state index contributed by atoms with van der Waals surface area (Å²) in [6.45, 7) is 5.67. The van der Waals surface area contributed by atoms with E-state index in [9.17, 15) is 4.79 Å². The average Bonchev–Trinajstić information content (AvgIpc) is 2.64. The molecular weight excluding hydrogens is 216 g/mol. The Kier molecular flexibility index (Phi) is 3.26. The highest BCUT2D eigenvalue weighted by atomic mass is 16.2. The van der Waals surface area contributed by atoms with E-state index in [2.05, 4.69) is 23.8 Å². The number of aromatic nitrogens is 2. The number of nitrogens with two attached hydrogens (primary N) is 1. The number of hydrogen-bond donors (Lipinski definition) is 1. The topological polar surface area (TPSA) is 72.1 Å². The first-order chi connectivity index (χ1) is 8.06. The van der Waals surface area contributed by atoms with Crippen LogP contribution in [0.25, 0.3) is 0 Å². The van der Waals surface area contributed by atoms with Crippen LogP contribution in [0.1, 0.15) is 26.0 Å². The van der Waals surface area contributed by atoms with Gasteiger partial charge in [-0.2, -0.15) is 0 Å². The number of amides is 1. The van der Waals surface area contributed by atoms with Crippen LogP contribution in [0.2, 0.25) is 0 Å². The van der Waals surface area contributed by atoms with Gasteiger partial charge < -0.3 is 10.6 Å². The third kappa shape index (κ3) is 2.72. The van der Waals surface area contributed by atoms with E-state index in [1.54, 1.807) is 6.20 Å². The number of anilines is 1. The van der Waals surface area contributed by atoms with E-state index in [0.717, 1.165) is 12.2 Å². The van der Waals surface area contributed by atoms with Gasteiger partial charge in [-0.25, -0.2) is 4.98 Å². The highest BCUT2D eigenvalue weighted by molar-refractivity contribution is 5.78. The van der Waals surface area contributed by atoms with Gasteiger partial charge >= 0.3 is 0 Å². The number of likely N-dealkylation sites (tertiary alicyclic amines) is 1. The molecule has 5 heteroatoms. The molecule has 1 unspecified atom stereocenters. The zero-order chi connectivity index (χ0) is 12.4. The number of carbonyl (C=O) groups is 1. The van der Waals surface area contributed by atoms with Crippen LogP contribution < -0.4 is 5.73 Å². The van der Waals surface area contributed by atoms with Crippen LogP contribution in [-0.4, -0.2) is 27.3 Å². The van der Waals surface area contributed by atoms with E-state index in [4.69, 9.17) is 5.73 Å². The highest BCUT2D eigenvalue weighted by Gasteiger charge is 2.31. The molecule has 1 saturated heterocycles. The predicted molar refractivity (Wildman–Crippen MR) is 64.8 cm³/mol. The van der Waals surface area contributed by atoms with E-state index in [0.29, 0.717) is 30.6 Å². The molecular formula is C12H18N4O. The van der Waals surface area contributed by atoms with Crippen LogP contribution >= 0.6 is 0 Å². The Labute approximate surface area is 101 Å².